The predicted octanol–water partition coefficient (Wildman–Crippen LogP) is 3.07. The number of pyridine rings is 1. The van der Waals surface area contributed by atoms with Crippen LogP contribution in [0.2, 0.25) is 0 Å². The van der Waals surface area contributed by atoms with Gasteiger partial charge in [0.05, 0.1) is 11.7 Å². The molecule has 0 saturated carbocycles. The van der Waals surface area contributed by atoms with Gasteiger partial charge < -0.3 is 15.0 Å². The highest BCUT2D eigenvalue weighted by Gasteiger charge is 2.42. The van der Waals surface area contributed by atoms with Crippen LogP contribution in [-0.4, -0.2) is 53.0 Å². The number of nitrogens with one attached hydrogen (secondary N) is 1. The van der Waals surface area contributed by atoms with Gasteiger partial charge in [-0.05, 0) is 49.5 Å². The number of aromatic nitrogens is 1. The van der Waals surface area contributed by atoms with Crippen molar-refractivity contribution in [1.29, 1.82) is 0 Å². The molecule has 0 bridgehead atoms. The maximum Gasteiger partial charge on any atom is 0.269 e. The number of benzene rings is 1. The van der Waals surface area contributed by atoms with Gasteiger partial charge in [0.25, 0.3) is 5.91 Å². The van der Waals surface area contributed by atoms with E-state index in [1.807, 2.05) is 41.3 Å². The van der Waals surface area contributed by atoms with Crippen LogP contribution >= 0.6 is 0 Å². The van der Waals surface area contributed by atoms with Crippen molar-refractivity contribution in [2.75, 3.05) is 19.6 Å². The van der Waals surface area contributed by atoms with Gasteiger partial charge >= 0.3 is 0 Å². The predicted molar refractivity (Wildman–Crippen MR) is 115 cm³/mol. The van der Waals surface area contributed by atoms with Crippen LogP contribution in [0.5, 0.6) is 0 Å². The number of hydrogen-bond acceptors (Lipinski definition) is 4. The molecule has 0 radical (unpaired) electrons. The molecule has 1 atom stereocenters. The van der Waals surface area contributed by atoms with E-state index in [9.17, 15) is 9.59 Å². The molecule has 6 nitrogen and oxygen atoms in total. The highest BCUT2D eigenvalue weighted by atomic mass is 16.5. The summed E-state index contributed by atoms with van der Waals surface area (Å²) in [6, 6.07) is 15.1. The average Bonchev–Trinajstić information content (AvgIpc) is 3.20. The van der Waals surface area contributed by atoms with Crippen molar-refractivity contribution < 1.29 is 14.3 Å². The Labute approximate surface area is 176 Å². The molecular weight excluding hydrogens is 378 g/mol. The minimum atomic E-state index is -0.175. The van der Waals surface area contributed by atoms with E-state index in [2.05, 4.69) is 10.3 Å². The van der Waals surface area contributed by atoms with Gasteiger partial charge in [0.2, 0.25) is 5.91 Å². The lowest BCUT2D eigenvalue weighted by molar-refractivity contribution is -0.132. The number of carbonyl (C=O) groups excluding carboxylic acids is 2. The Morgan fingerprint density at radius 3 is 2.60 bits per heavy atom. The lowest BCUT2D eigenvalue weighted by Gasteiger charge is -2.38. The molecular formula is C24H27N3O3. The SMILES string of the molecule is O=C(NCC1CCC2(CCN(C(=O)/C=C/c3ccccc3)CC2)O1)c1ccccn1. The van der Waals surface area contributed by atoms with Crippen molar-refractivity contribution in [3.05, 3.63) is 72.1 Å². The molecule has 6 heteroatoms. The standard InChI is InChI=1S/C24H27N3O3/c28-22(10-9-19-6-2-1-3-7-19)27-16-13-24(14-17-27)12-11-20(30-24)18-26-23(29)21-8-4-5-15-25-21/h1-10,15,20H,11-14,16-18H2,(H,26,29)/b10-9+. The van der Waals surface area contributed by atoms with Crippen molar-refractivity contribution in [1.82, 2.24) is 15.2 Å². The molecule has 2 fully saturated rings. The van der Waals surface area contributed by atoms with E-state index in [1.165, 1.54) is 0 Å². The summed E-state index contributed by atoms with van der Waals surface area (Å²) in [5.74, 6) is -0.128. The minimum absolute atomic E-state index is 0.0119. The lowest BCUT2D eigenvalue weighted by atomic mass is 9.88. The topological polar surface area (TPSA) is 71.5 Å². The van der Waals surface area contributed by atoms with Gasteiger partial charge in [-0.15, -0.1) is 0 Å². The van der Waals surface area contributed by atoms with Crippen LogP contribution in [0.25, 0.3) is 6.08 Å². The summed E-state index contributed by atoms with van der Waals surface area (Å²) in [7, 11) is 0. The Kier molecular flexibility index (Phi) is 6.23. The molecule has 3 heterocycles. The summed E-state index contributed by atoms with van der Waals surface area (Å²) in [6.45, 7) is 1.88. The molecule has 2 aliphatic heterocycles. The monoisotopic (exact) mass is 405 g/mol. The minimum Gasteiger partial charge on any atom is -0.370 e. The number of nitrogens with zero attached hydrogens (tertiary/aromatic N) is 2. The number of amides is 2. The summed E-state index contributed by atoms with van der Waals surface area (Å²) in [6.07, 6.45) is 8.70. The number of piperidine rings is 1. The molecule has 2 saturated heterocycles. The van der Waals surface area contributed by atoms with Crippen molar-refractivity contribution in [2.45, 2.75) is 37.4 Å². The Hall–Kier alpha value is -2.99. The highest BCUT2D eigenvalue weighted by Crippen LogP contribution is 2.38. The molecule has 1 aromatic heterocycles. The van der Waals surface area contributed by atoms with Gasteiger partial charge in [-0.3, -0.25) is 14.6 Å². The van der Waals surface area contributed by atoms with Gasteiger partial charge in [-0.1, -0.05) is 36.4 Å². The van der Waals surface area contributed by atoms with Gasteiger partial charge in [0.15, 0.2) is 0 Å². The van der Waals surface area contributed by atoms with Gasteiger partial charge in [0.1, 0.15) is 5.69 Å². The fourth-order valence-corrected chi connectivity index (χ4v) is 4.17. The molecule has 2 amide bonds. The Morgan fingerprint density at radius 1 is 1.10 bits per heavy atom. The molecule has 30 heavy (non-hydrogen) atoms. The Morgan fingerprint density at radius 2 is 1.87 bits per heavy atom. The van der Waals surface area contributed by atoms with Crippen molar-refractivity contribution in [3.8, 4) is 0 Å². The van der Waals surface area contributed by atoms with Gasteiger partial charge in [0, 0.05) is 31.9 Å². The fourth-order valence-electron chi connectivity index (χ4n) is 4.17. The molecule has 2 aromatic rings. The number of likely N-dealkylation sites (tertiary alicyclic amines) is 1. The Bertz CT molecular complexity index is 890. The number of hydrogen-bond donors (Lipinski definition) is 1. The van der Waals surface area contributed by atoms with Crippen molar-refractivity contribution >= 4 is 17.9 Å². The third-order valence-electron chi connectivity index (χ3n) is 5.93. The molecule has 1 spiro atoms. The second-order valence-corrected chi connectivity index (χ2v) is 7.96. The van der Waals surface area contributed by atoms with E-state index < -0.39 is 0 Å². The molecule has 4 rings (SSSR count). The number of rotatable bonds is 5. The molecule has 156 valence electrons. The maximum absolute atomic E-state index is 12.5. The van der Waals surface area contributed by atoms with E-state index in [0.29, 0.717) is 25.3 Å². The summed E-state index contributed by atoms with van der Waals surface area (Å²) >= 11 is 0. The second kappa shape index (κ2) is 9.22. The first kappa shape index (κ1) is 20.3. The second-order valence-electron chi connectivity index (χ2n) is 7.96. The number of ether oxygens (including phenoxy) is 1. The van der Waals surface area contributed by atoms with E-state index in [4.69, 9.17) is 4.74 Å². The van der Waals surface area contributed by atoms with Gasteiger partial charge in [-0.25, -0.2) is 0 Å². The zero-order chi connectivity index (χ0) is 20.8. The summed E-state index contributed by atoms with van der Waals surface area (Å²) in [4.78, 5) is 30.6. The van der Waals surface area contributed by atoms with Crippen molar-refractivity contribution in [2.24, 2.45) is 0 Å². The van der Waals surface area contributed by atoms with Gasteiger partial charge in [-0.2, -0.15) is 0 Å². The lowest BCUT2D eigenvalue weighted by Crippen LogP contribution is -2.46. The van der Waals surface area contributed by atoms with E-state index in [1.54, 1.807) is 30.5 Å². The maximum atomic E-state index is 12.5. The molecule has 2 aliphatic rings. The fraction of sp³-hybridized carbons (Fsp3) is 0.375. The summed E-state index contributed by atoms with van der Waals surface area (Å²) in [5.41, 5.74) is 1.27. The molecule has 1 N–H and O–H groups in total. The first-order chi connectivity index (χ1) is 14.6. The highest BCUT2D eigenvalue weighted by molar-refractivity contribution is 5.92. The largest absolute Gasteiger partial charge is 0.370 e. The molecule has 0 aliphatic carbocycles. The normalized spacial score (nSPS) is 20.5. The van der Waals surface area contributed by atoms with Crippen LogP contribution in [0.15, 0.2) is 60.8 Å². The third kappa shape index (κ3) is 4.94. The van der Waals surface area contributed by atoms with Crippen LogP contribution in [0.4, 0.5) is 0 Å². The molecule has 1 aromatic carbocycles. The first-order valence-electron chi connectivity index (χ1n) is 10.5. The number of carbonyl (C=O) groups is 2. The quantitative estimate of drug-likeness (QED) is 0.776. The zero-order valence-electron chi connectivity index (χ0n) is 17.0. The summed E-state index contributed by atoms with van der Waals surface area (Å²) < 4.78 is 6.34. The van der Waals surface area contributed by atoms with Crippen molar-refractivity contribution in [3.63, 3.8) is 0 Å². The molecule has 1 unspecified atom stereocenters. The van der Waals surface area contributed by atoms with Crippen LogP contribution in [-0.2, 0) is 9.53 Å². The first-order valence-corrected chi connectivity index (χ1v) is 10.5. The average molecular weight is 405 g/mol. The van der Waals surface area contributed by atoms with E-state index in [0.717, 1.165) is 31.2 Å². The van der Waals surface area contributed by atoms with E-state index in [-0.39, 0.29) is 23.5 Å². The van der Waals surface area contributed by atoms with Crippen LogP contribution < -0.4 is 5.32 Å². The zero-order valence-corrected chi connectivity index (χ0v) is 17.0. The Balaban J connectivity index is 1.23. The van der Waals surface area contributed by atoms with Crippen LogP contribution in [0, 0.1) is 0 Å². The van der Waals surface area contributed by atoms with E-state index >= 15 is 0 Å². The summed E-state index contributed by atoms with van der Waals surface area (Å²) in [5, 5.41) is 2.92. The van der Waals surface area contributed by atoms with Crippen LogP contribution in [0.3, 0.4) is 0 Å². The van der Waals surface area contributed by atoms with Crippen LogP contribution in [0.1, 0.15) is 41.7 Å². The third-order valence-corrected chi connectivity index (χ3v) is 5.93. The smallest absolute Gasteiger partial charge is 0.269 e.